The number of likely N-dealkylation sites (N-methyl/N-ethyl adjacent to an activating group) is 1. The van der Waals surface area contributed by atoms with Gasteiger partial charge in [0.25, 0.3) is 0 Å². The summed E-state index contributed by atoms with van der Waals surface area (Å²) in [6.07, 6.45) is -0.377. The number of ether oxygens (including phenoxy) is 2. The van der Waals surface area contributed by atoms with Gasteiger partial charge in [-0.3, -0.25) is 0 Å². The normalized spacial score (nSPS) is 17.5. The highest BCUT2D eigenvalue weighted by molar-refractivity contribution is 7.88. The Bertz CT molecular complexity index is 406. The second-order valence-corrected chi connectivity index (χ2v) is 8.77. The van der Waals surface area contributed by atoms with Gasteiger partial charge in [-0.2, -0.15) is 0 Å². The minimum Gasteiger partial charge on any atom is -0.394 e. The molecule has 0 saturated carbocycles. The molecule has 0 aliphatic heterocycles. The largest absolute Gasteiger partial charge is 0.394 e. The fraction of sp³-hybridized carbons (Fsp3) is 1.00. The number of hydrogen-bond acceptors (Lipinski definition) is 6. The molecule has 134 valence electrons. The second kappa shape index (κ2) is 9.14. The molecule has 0 radical (unpaired) electrons. The van der Waals surface area contributed by atoms with Crippen LogP contribution in [0.25, 0.3) is 0 Å². The van der Waals surface area contributed by atoms with Crippen LogP contribution in [0.3, 0.4) is 0 Å². The van der Waals surface area contributed by atoms with E-state index >= 15 is 0 Å². The van der Waals surface area contributed by atoms with Gasteiger partial charge < -0.3 is 19.7 Å². The van der Waals surface area contributed by atoms with Gasteiger partial charge in [0, 0.05) is 13.6 Å². The third kappa shape index (κ3) is 9.02. The van der Waals surface area contributed by atoms with Crippen LogP contribution >= 0.6 is 0 Å². The molecule has 0 aliphatic rings. The maximum absolute atomic E-state index is 11.5. The van der Waals surface area contributed by atoms with E-state index in [0.717, 1.165) is 6.26 Å². The zero-order chi connectivity index (χ0) is 17.6. The third-order valence-electron chi connectivity index (χ3n) is 3.47. The summed E-state index contributed by atoms with van der Waals surface area (Å²) in [5.74, 6) is 0. The Morgan fingerprint density at radius 2 is 1.77 bits per heavy atom. The van der Waals surface area contributed by atoms with Crippen molar-refractivity contribution in [2.45, 2.75) is 46.0 Å². The Labute approximate surface area is 134 Å². The van der Waals surface area contributed by atoms with Crippen molar-refractivity contribution in [1.82, 2.24) is 4.31 Å². The zero-order valence-electron chi connectivity index (χ0n) is 14.4. The zero-order valence-corrected chi connectivity index (χ0v) is 15.3. The van der Waals surface area contributed by atoms with Crippen molar-refractivity contribution < 1.29 is 28.1 Å². The molecule has 0 saturated heterocycles. The molecule has 0 rings (SSSR count). The molecule has 0 spiro atoms. The first-order chi connectivity index (χ1) is 9.87. The van der Waals surface area contributed by atoms with E-state index in [1.165, 1.54) is 11.4 Å². The van der Waals surface area contributed by atoms with E-state index in [0.29, 0.717) is 0 Å². The summed E-state index contributed by atoms with van der Waals surface area (Å²) in [6, 6.07) is 0. The van der Waals surface area contributed by atoms with E-state index in [9.17, 15) is 13.5 Å². The van der Waals surface area contributed by atoms with Crippen LogP contribution in [-0.2, 0) is 19.5 Å². The molecule has 8 heteroatoms. The standard InChI is InChI=1S/C14H31NO6S/c1-11(14(2,3)4)21-13(7-15(5)22(6,18)19)10-20-9-12(17)8-16/h11-13,16-17H,7-10H2,1-6H3. The Morgan fingerprint density at radius 3 is 2.18 bits per heavy atom. The van der Waals surface area contributed by atoms with E-state index in [1.807, 2.05) is 27.7 Å². The van der Waals surface area contributed by atoms with Crippen LogP contribution in [0.1, 0.15) is 27.7 Å². The van der Waals surface area contributed by atoms with E-state index in [1.54, 1.807) is 0 Å². The van der Waals surface area contributed by atoms with E-state index in [2.05, 4.69) is 0 Å². The van der Waals surface area contributed by atoms with E-state index < -0.39 is 22.2 Å². The SMILES string of the molecule is CC(OC(COCC(O)CO)CN(C)S(C)(=O)=O)C(C)(C)C. The molecule has 0 heterocycles. The summed E-state index contributed by atoms with van der Waals surface area (Å²) in [5, 5.41) is 18.0. The highest BCUT2D eigenvalue weighted by Crippen LogP contribution is 2.23. The van der Waals surface area contributed by atoms with Crippen LogP contribution in [0.2, 0.25) is 0 Å². The average molecular weight is 341 g/mol. The quantitative estimate of drug-likeness (QED) is 0.584. The lowest BCUT2D eigenvalue weighted by Crippen LogP contribution is -2.41. The number of nitrogens with zero attached hydrogens (tertiary/aromatic N) is 1. The number of hydrogen-bond donors (Lipinski definition) is 2. The van der Waals surface area contributed by atoms with Gasteiger partial charge in [-0.05, 0) is 12.3 Å². The van der Waals surface area contributed by atoms with Crippen molar-refractivity contribution in [3.05, 3.63) is 0 Å². The molecule has 0 amide bonds. The fourth-order valence-electron chi connectivity index (χ4n) is 1.44. The van der Waals surface area contributed by atoms with Crippen LogP contribution in [-0.4, -0.2) is 80.9 Å². The van der Waals surface area contributed by atoms with Crippen LogP contribution in [0, 0.1) is 5.41 Å². The molecule has 3 unspecified atom stereocenters. The van der Waals surface area contributed by atoms with Crippen molar-refractivity contribution in [3.63, 3.8) is 0 Å². The van der Waals surface area contributed by atoms with E-state index in [4.69, 9.17) is 14.6 Å². The monoisotopic (exact) mass is 341 g/mol. The minimum atomic E-state index is -3.31. The van der Waals surface area contributed by atoms with Crippen LogP contribution < -0.4 is 0 Å². The van der Waals surface area contributed by atoms with Crippen molar-refractivity contribution in [2.24, 2.45) is 5.41 Å². The first-order valence-corrected chi connectivity index (χ1v) is 9.16. The fourth-order valence-corrected chi connectivity index (χ4v) is 1.88. The summed E-state index contributed by atoms with van der Waals surface area (Å²) in [5.41, 5.74) is -0.0908. The Morgan fingerprint density at radius 1 is 1.23 bits per heavy atom. The van der Waals surface area contributed by atoms with Crippen molar-refractivity contribution in [2.75, 3.05) is 39.7 Å². The van der Waals surface area contributed by atoms with Gasteiger partial charge in [-0.15, -0.1) is 0 Å². The van der Waals surface area contributed by atoms with Crippen molar-refractivity contribution >= 4 is 10.0 Å². The van der Waals surface area contributed by atoms with Gasteiger partial charge in [0.1, 0.15) is 6.10 Å². The molecule has 0 aliphatic carbocycles. The Kier molecular flexibility index (Phi) is 9.04. The van der Waals surface area contributed by atoms with Crippen LogP contribution in [0.15, 0.2) is 0 Å². The number of aliphatic hydroxyl groups excluding tert-OH is 2. The summed E-state index contributed by atoms with van der Waals surface area (Å²) < 4.78 is 35.5. The lowest BCUT2D eigenvalue weighted by atomic mass is 9.90. The minimum absolute atomic E-state index is 0.0250. The van der Waals surface area contributed by atoms with Gasteiger partial charge in [0.05, 0.1) is 38.3 Å². The molecule has 22 heavy (non-hydrogen) atoms. The molecule has 2 N–H and O–H groups in total. The van der Waals surface area contributed by atoms with Crippen LogP contribution in [0.4, 0.5) is 0 Å². The molecular weight excluding hydrogens is 310 g/mol. The highest BCUT2D eigenvalue weighted by Gasteiger charge is 2.26. The summed E-state index contributed by atoms with van der Waals surface area (Å²) in [4.78, 5) is 0. The molecular formula is C14H31NO6S. The van der Waals surface area contributed by atoms with E-state index in [-0.39, 0.29) is 37.9 Å². The molecule has 0 bridgehead atoms. The smallest absolute Gasteiger partial charge is 0.211 e. The first kappa shape index (κ1) is 21.8. The molecule has 0 aromatic rings. The Hall–Kier alpha value is -0.250. The molecule has 7 nitrogen and oxygen atoms in total. The van der Waals surface area contributed by atoms with Gasteiger partial charge in [0.15, 0.2) is 0 Å². The summed E-state index contributed by atoms with van der Waals surface area (Å²) in [7, 11) is -1.82. The maximum atomic E-state index is 11.5. The van der Waals surface area contributed by atoms with Crippen molar-refractivity contribution in [1.29, 1.82) is 0 Å². The van der Waals surface area contributed by atoms with Crippen molar-refractivity contribution in [3.8, 4) is 0 Å². The lowest BCUT2D eigenvalue weighted by Gasteiger charge is -2.32. The number of sulfonamides is 1. The lowest BCUT2D eigenvalue weighted by molar-refractivity contribution is -0.0995. The molecule has 0 aromatic heterocycles. The van der Waals surface area contributed by atoms with Gasteiger partial charge in [-0.25, -0.2) is 12.7 Å². The van der Waals surface area contributed by atoms with Gasteiger partial charge in [-0.1, -0.05) is 20.8 Å². The summed E-state index contributed by atoms with van der Waals surface area (Å²) >= 11 is 0. The predicted molar refractivity (Wildman–Crippen MR) is 85.2 cm³/mol. The number of aliphatic hydroxyl groups is 2. The maximum Gasteiger partial charge on any atom is 0.211 e. The summed E-state index contributed by atoms with van der Waals surface area (Å²) in [6.45, 7) is 7.92. The predicted octanol–water partition coefficient (Wildman–Crippen LogP) is 0.0674. The highest BCUT2D eigenvalue weighted by atomic mass is 32.2. The average Bonchev–Trinajstić information content (AvgIpc) is 2.35. The van der Waals surface area contributed by atoms with Crippen LogP contribution in [0.5, 0.6) is 0 Å². The molecule has 0 aromatic carbocycles. The second-order valence-electron chi connectivity index (χ2n) is 6.68. The molecule has 0 fully saturated rings. The van der Waals surface area contributed by atoms with Gasteiger partial charge >= 0.3 is 0 Å². The first-order valence-electron chi connectivity index (χ1n) is 7.31. The number of rotatable bonds is 10. The van der Waals surface area contributed by atoms with Gasteiger partial charge in [0.2, 0.25) is 10.0 Å². The topological polar surface area (TPSA) is 96.3 Å². The Balaban J connectivity index is 4.69. The third-order valence-corrected chi connectivity index (χ3v) is 4.75. The molecule has 3 atom stereocenters.